The maximum atomic E-state index is 12.0. The van der Waals surface area contributed by atoms with Crippen molar-refractivity contribution in [3.63, 3.8) is 0 Å². The Morgan fingerprint density at radius 2 is 1.72 bits per heavy atom. The molecule has 5 nitrogen and oxygen atoms in total. The first-order valence-electron chi connectivity index (χ1n) is 6.94. The van der Waals surface area contributed by atoms with Gasteiger partial charge < -0.3 is 15.1 Å². The summed E-state index contributed by atoms with van der Waals surface area (Å²) in [7, 11) is 0. The van der Waals surface area contributed by atoms with Crippen molar-refractivity contribution in [2.45, 2.75) is 46.1 Å². The van der Waals surface area contributed by atoms with Crippen molar-refractivity contribution in [2.24, 2.45) is 0 Å². The van der Waals surface area contributed by atoms with Crippen molar-refractivity contribution in [2.75, 3.05) is 26.2 Å². The number of nitrogens with zero attached hydrogens (tertiary/aromatic N) is 2. The van der Waals surface area contributed by atoms with Gasteiger partial charge in [0.05, 0.1) is 0 Å². The van der Waals surface area contributed by atoms with Gasteiger partial charge in [0.1, 0.15) is 6.04 Å². The number of rotatable bonds is 4. The second-order valence-corrected chi connectivity index (χ2v) is 4.73. The van der Waals surface area contributed by atoms with Gasteiger partial charge in [0.2, 0.25) is 5.91 Å². The van der Waals surface area contributed by atoms with Crippen molar-refractivity contribution in [1.29, 1.82) is 0 Å². The number of hydrogen-bond acceptors (Lipinski definition) is 2. The molecule has 0 aromatic heterocycles. The van der Waals surface area contributed by atoms with Crippen molar-refractivity contribution in [1.82, 2.24) is 15.1 Å². The highest BCUT2D eigenvalue weighted by molar-refractivity contribution is 5.86. The van der Waals surface area contributed by atoms with Crippen LogP contribution in [0.25, 0.3) is 0 Å². The van der Waals surface area contributed by atoms with E-state index >= 15 is 0 Å². The van der Waals surface area contributed by atoms with Crippen LogP contribution < -0.4 is 5.32 Å². The Kier molecular flexibility index (Phi) is 5.95. The van der Waals surface area contributed by atoms with E-state index in [0.29, 0.717) is 13.1 Å². The summed E-state index contributed by atoms with van der Waals surface area (Å²) in [6.45, 7) is 8.61. The summed E-state index contributed by atoms with van der Waals surface area (Å²) in [6, 6.07) is -0.554. The molecule has 0 aromatic carbocycles. The van der Waals surface area contributed by atoms with Gasteiger partial charge in [-0.05, 0) is 40.0 Å². The monoisotopic (exact) mass is 255 g/mol. The van der Waals surface area contributed by atoms with E-state index in [1.54, 1.807) is 16.7 Å². The predicted molar refractivity (Wildman–Crippen MR) is 71.3 cm³/mol. The number of hydrogen-bond donors (Lipinski definition) is 1. The van der Waals surface area contributed by atoms with E-state index in [1.165, 1.54) is 6.42 Å². The maximum Gasteiger partial charge on any atom is 0.318 e. The van der Waals surface area contributed by atoms with E-state index in [9.17, 15) is 9.59 Å². The number of amides is 3. The fourth-order valence-corrected chi connectivity index (χ4v) is 2.24. The SMILES string of the molecule is CCN(CC)C(=O)C(C)NC(=O)N1CCCCC1. The van der Waals surface area contributed by atoms with Gasteiger partial charge in [0.15, 0.2) is 0 Å². The lowest BCUT2D eigenvalue weighted by Gasteiger charge is -2.29. The molecule has 104 valence electrons. The lowest BCUT2D eigenvalue weighted by Crippen LogP contribution is -2.51. The molecule has 1 unspecified atom stereocenters. The molecule has 1 atom stereocenters. The Hall–Kier alpha value is -1.26. The molecule has 1 aliphatic rings. The van der Waals surface area contributed by atoms with Crippen LogP contribution in [0.4, 0.5) is 4.79 Å². The van der Waals surface area contributed by atoms with Crippen LogP contribution in [0.1, 0.15) is 40.0 Å². The highest BCUT2D eigenvalue weighted by Gasteiger charge is 2.23. The van der Waals surface area contributed by atoms with Gasteiger partial charge in [0, 0.05) is 26.2 Å². The molecule has 18 heavy (non-hydrogen) atoms. The van der Waals surface area contributed by atoms with E-state index in [-0.39, 0.29) is 11.9 Å². The van der Waals surface area contributed by atoms with Crippen LogP contribution in [-0.4, -0.2) is 54.0 Å². The van der Waals surface area contributed by atoms with Crippen LogP contribution in [0.15, 0.2) is 0 Å². The summed E-state index contributed by atoms with van der Waals surface area (Å²) in [5.74, 6) is -0.00893. The minimum absolute atomic E-state index is 0.00893. The number of likely N-dealkylation sites (N-methyl/N-ethyl adjacent to an activating group) is 1. The maximum absolute atomic E-state index is 12.0. The zero-order chi connectivity index (χ0) is 13.5. The van der Waals surface area contributed by atoms with Gasteiger partial charge >= 0.3 is 6.03 Å². The fourth-order valence-electron chi connectivity index (χ4n) is 2.24. The Labute approximate surface area is 110 Å². The lowest BCUT2D eigenvalue weighted by molar-refractivity contribution is -0.132. The predicted octanol–water partition coefficient (Wildman–Crippen LogP) is 1.44. The van der Waals surface area contributed by atoms with Gasteiger partial charge in [-0.25, -0.2) is 4.79 Å². The highest BCUT2D eigenvalue weighted by Crippen LogP contribution is 2.08. The molecule has 1 rings (SSSR count). The molecular formula is C13H25N3O2. The molecule has 0 spiro atoms. The number of likely N-dealkylation sites (tertiary alicyclic amines) is 1. The molecule has 0 bridgehead atoms. The average molecular weight is 255 g/mol. The summed E-state index contributed by atoms with van der Waals surface area (Å²) in [4.78, 5) is 27.5. The lowest BCUT2D eigenvalue weighted by atomic mass is 10.1. The third-order valence-electron chi connectivity index (χ3n) is 3.43. The number of nitrogens with one attached hydrogen (secondary N) is 1. The first-order chi connectivity index (χ1) is 8.60. The van der Waals surface area contributed by atoms with Crippen LogP contribution >= 0.6 is 0 Å². The normalized spacial score (nSPS) is 17.2. The minimum atomic E-state index is -0.445. The van der Waals surface area contributed by atoms with Crippen molar-refractivity contribution >= 4 is 11.9 Å². The molecule has 1 aliphatic heterocycles. The molecule has 1 heterocycles. The number of piperidine rings is 1. The van der Waals surface area contributed by atoms with Crippen LogP contribution in [0, 0.1) is 0 Å². The van der Waals surface area contributed by atoms with Crippen LogP contribution in [0.2, 0.25) is 0 Å². The molecule has 0 aliphatic carbocycles. The summed E-state index contributed by atoms with van der Waals surface area (Å²) < 4.78 is 0. The molecule has 1 saturated heterocycles. The third-order valence-corrected chi connectivity index (χ3v) is 3.43. The van der Waals surface area contributed by atoms with Crippen molar-refractivity contribution in [3.05, 3.63) is 0 Å². The van der Waals surface area contributed by atoms with E-state index in [2.05, 4.69) is 5.32 Å². The Bertz CT molecular complexity index is 284. The molecule has 0 saturated carbocycles. The zero-order valence-electron chi connectivity index (χ0n) is 11.7. The van der Waals surface area contributed by atoms with Crippen LogP contribution in [0.3, 0.4) is 0 Å². The standard InChI is InChI=1S/C13H25N3O2/c1-4-15(5-2)12(17)11(3)14-13(18)16-9-7-6-8-10-16/h11H,4-10H2,1-3H3,(H,14,18). The van der Waals surface area contributed by atoms with E-state index in [4.69, 9.17) is 0 Å². The molecule has 0 aromatic rings. The topological polar surface area (TPSA) is 52.7 Å². The van der Waals surface area contributed by atoms with Gasteiger partial charge in [0.25, 0.3) is 0 Å². The van der Waals surface area contributed by atoms with Gasteiger partial charge in [-0.3, -0.25) is 4.79 Å². The molecule has 3 amide bonds. The Balaban J connectivity index is 2.45. The Morgan fingerprint density at radius 1 is 1.17 bits per heavy atom. The smallest absolute Gasteiger partial charge is 0.318 e. The molecule has 5 heteroatoms. The zero-order valence-corrected chi connectivity index (χ0v) is 11.7. The second kappa shape index (κ2) is 7.24. The minimum Gasteiger partial charge on any atom is -0.341 e. The van der Waals surface area contributed by atoms with Gasteiger partial charge in [-0.2, -0.15) is 0 Å². The number of carbonyl (C=O) groups excluding carboxylic acids is 2. The Morgan fingerprint density at radius 3 is 2.22 bits per heavy atom. The van der Waals surface area contributed by atoms with E-state index < -0.39 is 6.04 Å². The van der Waals surface area contributed by atoms with Crippen molar-refractivity contribution in [3.8, 4) is 0 Å². The fraction of sp³-hybridized carbons (Fsp3) is 0.846. The van der Waals surface area contributed by atoms with E-state index in [0.717, 1.165) is 25.9 Å². The van der Waals surface area contributed by atoms with E-state index in [1.807, 2.05) is 13.8 Å². The molecule has 0 radical (unpaired) electrons. The second-order valence-electron chi connectivity index (χ2n) is 4.73. The van der Waals surface area contributed by atoms with Crippen molar-refractivity contribution < 1.29 is 9.59 Å². The first-order valence-corrected chi connectivity index (χ1v) is 6.94. The summed E-state index contributed by atoms with van der Waals surface area (Å²) >= 11 is 0. The molecular weight excluding hydrogens is 230 g/mol. The summed E-state index contributed by atoms with van der Waals surface area (Å²) in [5.41, 5.74) is 0. The highest BCUT2D eigenvalue weighted by atomic mass is 16.2. The largest absolute Gasteiger partial charge is 0.341 e. The van der Waals surface area contributed by atoms with Crippen LogP contribution in [-0.2, 0) is 4.79 Å². The third kappa shape index (κ3) is 3.89. The summed E-state index contributed by atoms with van der Waals surface area (Å²) in [5, 5.41) is 2.79. The quantitative estimate of drug-likeness (QED) is 0.826. The number of urea groups is 1. The van der Waals surface area contributed by atoms with Gasteiger partial charge in [-0.15, -0.1) is 0 Å². The average Bonchev–Trinajstić information content (AvgIpc) is 2.40. The molecule has 1 fully saturated rings. The summed E-state index contributed by atoms with van der Waals surface area (Å²) in [6.07, 6.45) is 3.31. The first kappa shape index (κ1) is 14.8. The van der Waals surface area contributed by atoms with Gasteiger partial charge in [-0.1, -0.05) is 0 Å². The van der Waals surface area contributed by atoms with Crippen LogP contribution in [0.5, 0.6) is 0 Å². The molecule has 1 N–H and O–H groups in total. The number of carbonyl (C=O) groups is 2.